The molecule has 0 N–H and O–H groups in total. The molecule has 0 aromatic heterocycles. The fourth-order valence-corrected chi connectivity index (χ4v) is 10.7. The van der Waals surface area contributed by atoms with E-state index in [0.717, 1.165) is 4.64 Å². The van der Waals surface area contributed by atoms with Crippen LogP contribution in [-0.2, 0) is 70.4 Å². The van der Waals surface area contributed by atoms with Crippen LogP contribution in [0.2, 0.25) is 4.64 Å². The molecule has 0 nitrogen and oxygen atoms in total. The summed E-state index contributed by atoms with van der Waals surface area (Å²) in [5.74, 6) is 0. The van der Waals surface area contributed by atoms with E-state index >= 15 is 0 Å². The van der Waals surface area contributed by atoms with Gasteiger partial charge in [0.05, 0.1) is 0 Å². The summed E-state index contributed by atoms with van der Waals surface area (Å²) in [5, 5.41) is 0. The third kappa shape index (κ3) is 4.42. The summed E-state index contributed by atoms with van der Waals surface area (Å²) < 4.78 is 1.20. The molecule has 0 heterocycles. The third-order valence-corrected chi connectivity index (χ3v) is 11.2. The van der Waals surface area contributed by atoms with Gasteiger partial charge < -0.3 is 0 Å². The van der Waals surface area contributed by atoms with E-state index in [1.807, 2.05) is 6.26 Å². The Kier molecular flexibility index (Phi) is 8.50. The Hall–Kier alpha value is 2.39. The van der Waals surface area contributed by atoms with Crippen LogP contribution in [0.15, 0.2) is 0 Å². The van der Waals surface area contributed by atoms with E-state index < -0.39 is 0 Å². The van der Waals surface area contributed by atoms with Gasteiger partial charge in [-0.15, -0.1) is 0 Å². The molecule has 0 aliphatic heterocycles. The average Bonchev–Trinajstić information content (AvgIpc) is 1.88. The normalized spacial score (nSPS) is 19.6. The van der Waals surface area contributed by atoms with Crippen LogP contribution in [-0.4, -0.2) is 10.8 Å². The molecule has 7 heteroatoms. The Labute approximate surface area is 95.3 Å². The van der Waals surface area contributed by atoms with Crippen molar-refractivity contribution in [2.75, 3.05) is 6.26 Å². The Balaban J connectivity index is 4.36. The molecule has 0 rings (SSSR count). The number of halogens is 1. The summed E-state index contributed by atoms with van der Waals surface area (Å²) in [4.78, 5) is 0. The van der Waals surface area contributed by atoms with Gasteiger partial charge in [-0.25, -0.2) is 0 Å². The molecule has 3 atom stereocenters. The van der Waals surface area contributed by atoms with Crippen molar-refractivity contribution in [2.45, 2.75) is 9.22 Å². The van der Waals surface area contributed by atoms with Crippen LogP contribution in [0, 0.1) is 0 Å². The minimum atomic E-state index is -0.281. The molecule has 0 amide bonds. The Bertz CT molecular complexity index is 185. The fraction of sp³-hybridized carbons (Fsp3) is 1.00. The number of hydrogen-bond donors (Lipinski definition) is 0. The maximum atomic E-state index is 5.92. The fourth-order valence-electron chi connectivity index (χ4n) is 0.261. The summed E-state index contributed by atoms with van der Waals surface area (Å²) in [7, 11) is 6.86. The average molecular weight is 346 g/mol. The van der Waals surface area contributed by atoms with Crippen LogP contribution < -0.4 is 0 Å². The Morgan fingerprint density at radius 2 is 2.30 bits per heavy atom. The molecule has 0 radical (unpaired) electrons. The van der Waals surface area contributed by atoms with E-state index in [9.17, 15) is 0 Å². The second-order valence-corrected chi connectivity index (χ2v) is 10.9. The standard InChI is InChI=1S/C3H6ClS5.Ag/c1-3(8(2)6)9(4)7-5;/h3H,1H2,2H3;. The minimum absolute atomic E-state index is 0.0546. The molecule has 0 saturated heterocycles. The number of rotatable bonds is 3. The summed E-state index contributed by atoms with van der Waals surface area (Å²) in [6, 6.07) is 0. The van der Waals surface area contributed by atoms with E-state index in [1.165, 1.54) is 8.88 Å². The van der Waals surface area contributed by atoms with E-state index in [2.05, 4.69) is 21.1 Å². The predicted octanol–water partition coefficient (Wildman–Crippen LogP) is 1.22. The van der Waals surface area contributed by atoms with E-state index in [0.29, 0.717) is 4.58 Å². The van der Waals surface area contributed by atoms with Gasteiger partial charge in [-0.3, -0.25) is 0 Å². The van der Waals surface area contributed by atoms with Crippen molar-refractivity contribution in [3.8, 4) is 0 Å². The SMILES string of the molecule is CS(=S)C([CH2][Ag])S(Cl)=S=S. The van der Waals surface area contributed by atoms with Gasteiger partial charge in [-0.05, 0) is 0 Å². The van der Waals surface area contributed by atoms with Gasteiger partial charge in [0.25, 0.3) is 0 Å². The molecule has 0 aromatic rings. The van der Waals surface area contributed by atoms with Crippen molar-refractivity contribution in [2.24, 2.45) is 0 Å². The quantitative estimate of drug-likeness (QED) is 0.557. The zero-order valence-electron chi connectivity index (χ0n) is 5.01. The van der Waals surface area contributed by atoms with Gasteiger partial charge >= 0.3 is 96.6 Å². The molecule has 0 aliphatic carbocycles. The first-order valence-corrected chi connectivity index (χ1v) is 10.2. The summed E-state index contributed by atoms with van der Waals surface area (Å²) in [5.41, 5.74) is 0. The molecule has 3 unspecified atom stereocenters. The van der Waals surface area contributed by atoms with Crippen LogP contribution >= 0.6 is 10.7 Å². The molecule has 0 aliphatic rings. The first-order chi connectivity index (χ1) is 4.63. The number of hydrogen-bond acceptors (Lipinski definition) is 2. The third-order valence-electron chi connectivity index (χ3n) is 0.742. The molecule has 0 spiro atoms. The van der Waals surface area contributed by atoms with Gasteiger partial charge in [0.1, 0.15) is 0 Å². The van der Waals surface area contributed by atoms with Gasteiger partial charge in [0.2, 0.25) is 0 Å². The van der Waals surface area contributed by atoms with Crippen molar-refractivity contribution in [3.05, 3.63) is 0 Å². The van der Waals surface area contributed by atoms with E-state index in [1.54, 1.807) is 0 Å². The van der Waals surface area contributed by atoms with Crippen LogP contribution in [0.1, 0.15) is 0 Å². The van der Waals surface area contributed by atoms with Crippen molar-refractivity contribution in [1.29, 1.82) is 0 Å². The summed E-state index contributed by atoms with van der Waals surface area (Å²) in [6.45, 7) is 0. The summed E-state index contributed by atoms with van der Waals surface area (Å²) in [6.07, 6.45) is 2.01. The summed E-state index contributed by atoms with van der Waals surface area (Å²) >= 11 is 13.3. The van der Waals surface area contributed by atoms with Crippen molar-refractivity contribution in [3.63, 3.8) is 0 Å². The van der Waals surface area contributed by atoms with Crippen molar-refractivity contribution >= 4 is 60.1 Å². The molecule has 0 bridgehead atoms. The second-order valence-electron chi connectivity index (χ2n) is 1.37. The van der Waals surface area contributed by atoms with Crippen molar-refractivity contribution < 1.29 is 21.1 Å². The van der Waals surface area contributed by atoms with Crippen LogP contribution in [0.5, 0.6) is 0 Å². The van der Waals surface area contributed by atoms with Crippen LogP contribution in [0.4, 0.5) is 0 Å². The molecule has 66 valence electrons. The van der Waals surface area contributed by atoms with Gasteiger partial charge in [-0.1, -0.05) is 0 Å². The van der Waals surface area contributed by atoms with Gasteiger partial charge in [-0.2, -0.15) is 0 Å². The van der Waals surface area contributed by atoms with E-state index in [4.69, 9.17) is 33.1 Å². The molecular formula is C3H6AgClS5. The zero-order chi connectivity index (χ0) is 8.15. The van der Waals surface area contributed by atoms with E-state index in [-0.39, 0.29) is 18.1 Å². The van der Waals surface area contributed by atoms with Gasteiger partial charge in [0.15, 0.2) is 0 Å². The molecule has 0 fully saturated rings. The molecule has 10 heavy (non-hydrogen) atoms. The van der Waals surface area contributed by atoms with Crippen LogP contribution in [0.3, 0.4) is 0 Å². The first kappa shape index (κ1) is 12.4. The maximum absolute atomic E-state index is 5.92. The topological polar surface area (TPSA) is 0 Å². The molecular weight excluding hydrogens is 340 g/mol. The Morgan fingerprint density at radius 3 is 2.40 bits per heavy atom. The van der Waals surface area contributed by atoms with Crippen molar-refractivity contribution in [1.82, 2.24) is 0 Å². The Morgan fingerprint density at radius 1 is 1.80 bits per heavy atom. The zero-order valence-corrected chi connectivity index (χ0v) is 11.3. The second kappa shape index (κ2) is 6.86. The van der Waals surface area contributed by atoms with Crippen LogP contribution in [0.25, 0.3) is 0 Å². The molecule has 0 saturated carbocycles. The molecule has 0 aromatic carbocycles. The monoisotopic (exact) mass is 344 g/mol. The first-order valence-electron chi connectivity index (χ1n) is 2.16. The predicted molar refractivity (Wildman–Crippen MR) is 57.2 cm³/mol. The van der Waals surface area contributed by atoms with Gasteiger partial charge in [0, 0.05) is 0 Å².